The van der Waals surface area contributed by atoms with Gasteiger partial charge in [-0.1, -0.05) is 82.7 Å². The van der Waals surface area contributed by atoms with Crippen LogP contribution in [0.4, 0.5) is 0 Å². The third kappa shape index (κ3) is 3.46. The van der Waals surface area contributed by atoms with Crippen molar-refractivity contribution in [2.75, 3.05) is 0 Å². The number of carbonyl (C=O) groups excluding carboxylic acids is 1. The van der Waals surface area contributed by atoms with Gasteiger partial charge in [0.15, 0.2) is 0 Å². The van der Waals surface area contributed by atoms with Crippen LogP contribution in [0.15, 0.2) is 101 Å². The van der Waals surface area contributed by atoms with E-state index in [-0.39, 0.29) is 5.91 Å². The van der Waals surface area contributed by atoms with Gasteiger partial charge in [0.1, 0.15) is 0 Å². The third-order valence-corrected chi connectivity index (χ3v) is 6.04. The lowest BCUT2D eigenvalue weighted by atomic mass is 9.89. The molecule has 3 heteroatoms. The largest absolute Gasteiger partial charge is 0.322 e. The molecule has 0 saturated heterocycles. The van der Waals surface area contributed by atoms with E-state index < -0.39 is 0 Å². The number of allylic oxidation sites excluding steroid dienone is 3. The van der Waals surface area contributed by atoms with E-state index in [9.17, 15) is 4.79 Å². The highest BCUT2D eigenvalue weighted by Crippen LogP contribution is 2.36. The number of fused-ring (bicyclic) bond motifs is 3. The lowest BCUT2D eigenvalue weighted by molar-refractivity contribution is 0.0967. The summed E-state index contributed by atoms with van der Waals surface area (Å²) in [6, 6.07) is 26.7. The topological polar surface area (TPSA) is 29.1 Å². The maximum absolute atomic E-state index is 12.9. The number of hydrogen-bond acceptors (Lipinski definition) is 1. The molecular weight excluding hydrogens is 434 g/mol. The fourth-order valence-electron chi connectivity index (χ4n) is 4.15. The maximum atomic E-state index is 12.9. The van der Waals surface area contributed by atoms with Crippen LogP contribution in [0.3, 0.4) is 0 Å². The lowest BCUT2D eigenvalue weighted by Gasteiger charge is -2.20. The lowest BCUT2D eigenvalue weighted by Crippen LogP contribution is -2.24. The first kappa shape index (κ1) is 18.8. The Bertz CT molecular complexity index is 1350. The SMILES string of the molecule is O=C(NC1=CCCC=C1c1cc2ccccc2c2ccccc12)c1cccc(Br)c1. The van der Waals surface area contributed by atoms with Crippen molar-refractivity contribution >= 4 is 49.0 Å². The molecule has 30 heavy (non-hydrogen) atoms. The molecule has 0 aliphatic heterocycles. The van der Waals surface area contributed by atoms with Crippen molar-refractivity contribution in [1.82, 2.24) is 5.32 Å². The smallest absolute Gasteiger partial charge is 0.255 e. The first-order chi connectivity index (χ1) is 14.7. The molecule has 0 unspecified atom stereocenters. The number of halogens is 1. The molecule has 0 spiro atoms. The number of hydrogen-bond donors (Lipinski definition) is 1. The molecule has 0 fully saturated rings. The van der Waals surface area contributed by atoms with Crippen LogP contribution in [-0.2, 0) is 0 Å². The summed E-state index contributed by atoms with van der Waals surface area (Å²) in [5.41, 5.74) is 3.77. The summed E-state index contributed by atoms with van der Waals surface area (Å²) in [5, 5.41) is 8.04. The number of nitrogens with one attached hydrogen (secondary N) is 1. The van der Waals surface area contributed by atoms with E-state index in [0.717, 1.165) is 34.1 Å². The monoisotopic (exact) mass is 453 g/mol. The van der Waals surface area contributed by atoms with Crippen LogP contribution < -0.4 is 5.32 Å². The number of benzene rings is 4. The summed E-state index contributed by atoms with van der Waals surface area (Å²) in [7, 11) is 0. The van der Waals surface area contributed by atoms with Gasteiger partial charge in [0, 0.05) is 21.3 Å². The van der Waals surface area contributed by atoms with Crippen LogP contribution >= 0.6 is 15.9 Å². The van der Waals surface area contributed by atoms with Crippen LogP contribution in [0.5, 0.6) is 0 Å². The molecule has 4 aromatic carbocycles. The molecule has 0 aromatic heterocycles. The molecule has 1 amide bonds. The van der Waals surface area contributed by atoms with Gasteiger partial charge >= 0.3 is 0 Å². The van der Waals surface area contributed by atoms with Gasteiger partial charge in [0.05, 0.1) is 0 Å². The van der Waals surface area contributed by atoms with E-state index in [0.29, 0.717) is 5.56 Å². The third-order valence-electron chi connectivity index (χ3n) is 5.55. The van der Waals surface area contributed by atoms with Gasteiger partial charge in [0.25, 0.3) is 5.91 Å². The molecule has 5 rings (SSSR count). The molecular formula is C27H20BrNO. The highest BCUT2D eigenvalue weighted by molar-refractivity contribution is 9.10. The highest BCUT2D eigenvalue weighted by Gasteiger charge is 2.18. The molecule has 2 nitrogen and oxygen atoms in total. The van der Waals surface area contributed by atoms with Crippen LogP contribution in [0.2, 0.25) is 0 Å². The molecule has 0 atom stereocenters. The van der Waals surface area contributed by atoms with E-state index in [4.69, 9.17) is 0 Å². The van der Waals surface area contributed by atoms with Gasteiger partial charge in [0.2, 0.25) is 0 Å². The Morgan fingerprint density at radius 1 is 0.767 bits per heavy atom. The van der Waals surface area contributed by atoms with E-state index in [1.807, 2.05) is 24.3 Å². The molecule has 0 radical (unpaired) electrons. The van der Waals surface area contributed by atoms with Gasteiger partial charge in [-0.3, -0.25) is 4.79 Å². The van der Waals surface area contributed by atoms with Crippen molar-refractivity contribution in [3.05, 3.63) is 112 Å². The van der Waals surface area contributed by atoms with Gasteiger partial charge < -0.3 is 5.32 Å². The maximum Gasteiger partial charge on any atom is 0.255 e. The molecule has 146 valence electrons. The zero-order valence-electron chi connectivity index (χ0n) is 16.4. The van der Waals surface area contributed by atoms with Crippen molar-refractivity contribution in [2.45, 2.75) is 12.8 Å². The summed E-state index contributed by atoms with van der Waals surface area (Å²) in [4.78, 5) is 12.9. The molecule has 1 aliphatic carbocycles. The Labute approximate surface area is 184 Å². The second-order valence-electron chi connectivity index (χ2n) is 7.47. The molecule has 1 aliphatic rings. The zero-order chi connectivity index (χ0) is 20.5. The summed E-state index contributed by atoms with van der Waals surface area (Å²) < 4.78 is 0.893. The van der Waals surface area contributed by atoms with Crippen LogP contribution in [0.1, 0.15) is 28.8 Å². The molecule has 4 aromatic rings. The van der Waals surface area contributed by atoms with Gasteiger partial charge in [-0.15, -0.1) is 0 Å². The van der Waals surface area contributed by atoms with Gasteiger partial charge in [-0.25, -0.2) is 0 Å². The minimum Gasteiger partial charge on any atom is -0.322 e. The van der Waals surface area contributed by atoms with Crippen molar-refractivity contribution in [3.63, 3.8) is 0 Å². The summed E-state index contributed by atoms with van der Waals surface area (Å²) in [6.45, 7) is 0. The van der Waals surface area contributed by atoms with Crippen molar-refractivity contribution in [2.24, 2.45) is 0 Å². The normalized spacial score (nSPS) is 13.8. The Morgan fingerprint density at radius 2 is 1.50 bits per heavy atom. The number of carbonyl (C=O) groups is 1. The predicted molar refractivity (Wildman–Crippen MR) is 128 cm³/mol. The first-order valence-corrected chi connectivity index (χ1v) is 10.9. The van der Waals surface area contributed by atoms with Crippen molar-refractivity contribution in [1.29, 1.82) is 0 Å². The standard InChI is InChI=1S/C27H20BrNO/c28-20-10-7-9-19(16-20)27(30)29-26-15-6-5-14-24(26)25-17-18-8-1-2-11-21(18)22-12-3-4-13-23(22)25/h1-4,7-17H,5-6H2,(H,29,30). The summed E-state index contributed by atoms with van der Waals surface area (Å²) in [6.07, 6.45) is 6.26. The number of rotatable bonds is 3. The predicted octanol–water partition coefficient (Wildman–Crippen LogP) is 7.25. The molecule has 1 N–H and O–H groups in total. The van der Waals surface area contributed by atoms with Crippen molar-refractivity contribution < 1.29 is 4.79 Å². The van der Waals surface area contributed by atoms with E-state index in [2.05, 4.69) is 88.0 Å². The second-order valence-corrected chi connectivity index (χ2v) is 8.38. The first-order valence-electron chi connectivity index (χ1n) is 10.1. The Morgan fingerprint density at radius 3 is 2.33 bits per heavy atom. The fraction of sp³-hybridized carbons (Fsp3) is 0.0741. The van der Waals surface area contributed by atoms with Crippen LogP contribution in [0, 0.1) is 0 Å². The minimum atomic E-state index is -0.0968. The fourth-order valence-corrected chi connectivity index (χ4v) is 4.55. The molecule has 0 bridgehead atoms. The highest BCUT2D eigenvalue weighted by atomic mass is 79.9. The van der Waals surface area contributed by atoms with Crippen LogP contribution in [-0.4, -0.2) is 5.91 Å². The van der Waals surface area contributed by atoms with E-state index >= 15 is 0 Å². The van der Waals surface area contributed by atoms with Crippen molar-refractivity contribution in [3.8, 4) is 0 Å². The molecule has 0 heterocycles. The Balaban J connectivity index is 1.60. The quantitative estimate of drug-likeness (QED) is 0.325. The summed E-state index contributed by atoms with van der Waals surface area (Å²) in [5.74, 6) is -0.0968. The average Bonchev–Trinajstić information content (AvgIpc) is 2.79. The zero-order valence-corrected chi connectivity index (χ0v) is 17.9. The number of amides is 1. The average molecular weight is 454 g/mol. The van der Waals surface area contributed by atoms with Crippen LogP contribution in [0.25, 0.3) is 27.1 Å². The summed E-state index contributed by atoms with van der Waals surface area (Å²) >= 11 is 3.45. The minimum absolute atomic E-state index is 0.0968. The molecule has 0 saturated carbocycles. The Hall–Kier alpha value is -3.17. The van der Waals surface area contributed by atoms with Gasteiger partial charge in [-0.2, -0.15) is 0 Å². The van der Waals surface area contributed by atoms with E-state index in [1.54, 1.807) is 0 Å². The Kier molecular flexibility index (Phi) is 4.97. The second kappa shape index (κ2) is 7.92. The van der Waals surface area contributed by atoms with Gasteiger partial charge in [-0.05, 0) is 64.2 Å². The van der Waals surface area contributed by atoms with E-state index in [1.165, 1.54) is 21.5 Å².